The summed E-state index contributed by atoms with van der Waals surface area (Å²) in [6.07, 6.45) is 2.51. The normalized spacial score (nSPS) is 94.9. The zero-order chi connectivity index (χ0) is 10.2. The molecular formula is C14H16O2. The lowest BCUT2D eigenvalue weighted by molar-refractivity contribution is -0.169. The first-order chi connectivity index (χ1) is 7.70. The van der Waals surface area contributed by atoms with Gasteiger partial charge in [-0.15, -0.1) is 0 Å². The Morgan fingerprint density at radius 2 is 1.25 bits per heavy atom. The van der Waals surface area contributed by atoms with Gasteiger partial charge in [0.1, 0.15) is 0 Å². The van der Waals surface area contributed by atoms with E-state index in [1.54, 1.807) is 0 Å². The lowest BCUT2D eigenvalue weighted by Crippen LogP contribution is -2.57. The smallest absolute Gasteiger partial charge is 0.0771 e. The number of hydrogen-bond acceptors (Lipinski definition) is 2. The maximum Gasteiger partial charge on any atom is 0.0771 e. The summed E-state index contributed by atoms with van der Waals surface area (Å²) in [5.41, 5.74) is -0.786. The van der Waals surface area contributed by atoms with Crippen LogP contribution in [0.4, 0.5) is 0 Å². The molecule has 9 aliphatic carbocycles. The molecule has 84 valence electrons. The number of aliphatic hydroxyl groups is 2. The van der Waals surface area contributed by atoms with Gasteiger partial charge in [0.25, 0.3) is 0 Å². The molecule has 2 nitrogen and oxygen atoms in total. The molecule has 0 saturated heterocycles. The van der Waals surface area contributed by atoms with Crippen molar-refractivity contribution in [3.63, 3.8) is 0 Å². The van der Waals surface area contributed by atoms with Crippen molar-refractivity contribution < 1.29 is 10.2 Å². The molecule has 2 N–H and O–H groups in total. The van der Waals surface area contributed by atoms with Crippen LogP contribution in [-0.4, -0.2) is 21.4 Å². The number of rotatable bonds is 0. The van der Waals surface area contributed by atoms with Crippen molar-refractivity contribution in [2.24, 2.45) is 59.2 Å². The SMILES string of the molecule is O[C@@]12C3CC4[C@@H]1[C@H]4[C@@]3(O)[C@@H]1C3CC4[C@@H]1[C@H]4[C@H]32. The molecule has 0 amide bonds. The molecule has 9 rings (SSSR count). The maximum absolute atomic E-state index is 11.2. The zero-order valence-corrected chi connectivity index (χ0v) is 9.08. The average Bonchev–Trinajstić information content (AvgIpc) is 2.79. The maximum atomic E-state index is 11.2. The lowest BCUT2D eigenvalue weighted by Gasteiger charge is -2.48. The quantitative estimate of drug-likeness (QED) is 0.618. The Labute approximate surface area is 94.0 Å². The van der Waals surface area contributed by atoms with E-state index < -0.39 is 11.2 Å². The van der Waals surface area contributed by atoms with Crippen molar-refractivity contribution in [3.8, 4) is 0 Å². The van der Waals surface area contributed by atoms with Gasteiger partial charge < -0.3 is 10.2 Å². The van der Waals surface area contributed by atoms with E-state index in [0.29, 0.717) is 23.7 Å². The topological polar surface area (TPSA) is 40.5 Å². The van der Waals surface area contributed by atoms with E-state index in [1.165, 1.54) is 6.42 Å². The third kappa shape index (κ3) is 0.364. The molecule has 12 bridgehead atoms. The molecule has 2 heteroatoms. The van der Waals surface area contributed by atoms with Crippen LogP contribution in [0.1, 0.15) is 12.8 Å². The van der Waals surface area contributed by atoms with Gasteiger partial charge >= 0.3 is 0 Å². The Hall–Kier alpha value is -0.0800. The molecule has 9 fully saturated rings. The van der Waals surface area contributed by atoms with E-state index in [4.69, 9.17) is 0 Å². The fourth-order valence-electron chi connectivity index (χ4n) is 8.78. The highest BCUT2D eigenvalue weighted by atomic mass is 16.3. The summed E-state index contributed by atoms with van der Waals surface area (Å²) in [5, 5.41) is 22.5. The van der Waals surface area contributed by atoms with E-state index in [1.807, 2.05) is 0 Å². The van der Waals surface area contributed by atoms with Gasteiger partial charge in [-0.05, 0) is 66.1 Å². The first-order valence-electron chi connectivity index (χ1n) is 7.15. The van der Waals surface area contributed by atoms with Gasteiger partial charge in [0, 0.05) is 5.92 Å². The van der Waals surface area contributed by atoms with Crippen molar-refractivity contribution in [1.29, 1.82) is 0 Å². The first-order valence-corrected chi connectivity index (χ1v) is 7.15. The molecule has 0 spiro atoms. The van der Waals surface area contributed by atoms with Crippen molar-refractivity contribution >= 4 is 0 Å². The van der Waals surface area contributed by atoms with E-state index in [9.17, 15) is 10.2 Å². The summed E-state index contributed by atoms with van der Waals surface area (Å²) in [5.74, 6) is 6.65. The average molecular weight is 216 g/mol. The van der Waals surface area contributed by atoms with Gasteiger partial charge in [0.05, 0.1) is 11.2 Å². The highest BCUT2D eigenvalue weighted by Gasteiger charge is 2.98. The molecule has 4 unspecified atom stereocenters. The van der Waals surface area contributed by atoms with Crippen molar-refractivity contribution in [2.45, 2.75) is 24.0 Å². The standard InChI is InChI=1S/C14H16O2/c15-13-6-2-5-11(13)12(5)14(6,16)10-4-1-3-7(8(3)10)9(4)13/h3-12,15-16H,1-2H2/t3?,4?,5?,6?,7-,8+,9-,10+,11+,12-,13+,14-. The molecule has 0 radical (unpaired) electrons. The van der Waals surface area contributed by atoms with Gasteiger partial charge in [-0.1, -0.05) is 0 Å². The second kappa shape index (κ2) is 1.50. The van der Waals surface area contributed by atoms with Crippen LogP contribution in [0.25, 0.3) is 0 Å². The molecule has 12 atom stereocenters. The Bertz CT molecular complexity index is 451. The van der Waals surface area contributed by atoms with Crippen LogP contribution in [0.3, 0.4) is 0 Å². The predicted octanol–water partition coefficient (Wildman–Crippen LogP) is 0.486. The zero-order valence-electron chi connectivity index (χ0n) is 9.08. The van der Waals surface area contributed by atoms with Crippen molar-refractivity contribution in [2.75, 3.05) is 0 Å². The molecule has 0 aromatic heterocycles. The summed E-state index contributed by atoms with van der Waals surface area (Å²) >= 11 is 0. The molecular weight excluding hydrogens is 200 g/mol. The van der Waals surface area contributed by atoms with Gasteiger partial charge in [-0.25, -0.2) is 0 Å². The minimum atomic E-state index is -0.393. The van der Waals surface area contributed by atoms with Crippen LogP contribution in [-0.2, 0) is 0 Å². The Balaban J connectivity index is 1.64. The second-order valence-corrected chi connectivity index (χ2v) is 8.05. The minimum absolute atomic E-state index is 0.290. The summed E-state index contributed by atoms with van der Waals surface area (Å²) in [4.78, 5) is 0. The third-order valence-corrected chi connectivity index (χ3v) is 8.52. The van der Waals surface area contributed by atoms with Crippen LogP contribution in [0.5, 0.6) is 0 Å². The summed E-state index contributed by atoms with van der Waals surface area (Å²) in [6, 6.07) is 0. The highest BCUT2D eigenvalue weighted by molar-refractivity contribution is 5.46. The van der Waals surface area contributed by atoms with Crippen LogP contribution >= 0.6 is 0 Å². The van der Waals surface area contributed by atoms with Crippen LogP contribution < -0.4 is 0 Å². The van der Waals surface area contributed by atoms with Crippen LogP contribution in [0.15, 0.2) is 0 Å². The minimum Gasteiger partial charge on any atom is -0.389 e. The van der Waals surface area contributed by atoms with E-state index in [-0.39, 0.29) is 5.92 Å². The largest absolute Gasteiger partial charge is 0.389 e. The van der Waals surface area contributed by atoms with Gasteiger partial charge in [0.15, 0.2) is 0 Å². The molecule has 9 aliphatic rings. The Morgan fingerprint density at radius 3 is 1.75 bits per heavy atom. The monoisotopic (exact) mass is 216 g/mol. The third-order valence-electron chi connectivity index (χ3n) is 8.52. The van der Waals surface area contributed by atoms with Gasteiger partial charge in [-0.3, -0.25) is 0 Å². The second-order valence-electron chi connectivity index (χ2n) is 8.05. The summed E-state index contributed by atoms with van der Waals surface area (Å²) < 4.78 is 0. The molecule has 0 heterocycles. The Kier molecular flexibility index (Phi) is 0.691. The van der Waals surface area contributed by atoms with E-state index in [0.717, 1.165) is 36.0 Å². The summed E-state index contributed by atoms with van der Waals surface area (Å²) in [6.45, 7) is 0. The molecule has 16 heavy (non-hydrogen) atoms. The van der Waals surface area contributed by atoms with E-state index >= 15 is 0 Å². The van der Waals surface area contributed by atoms with Crippen LogP contribution in [0.2, 0.25) is 0 Å². The van der Waals surface area contributed by atoms with Gasteiger partial charge in [-0.2, -0.15) is 0 Å². The Morgan fingerprint density at radius 1 is 0.688 bits per heavy atom. The molecule has 0 aromatic carbocycles. The fraction of sp³-hybridized carbons (Fsp3) is 1.00. The molecule has 9 saturated carbocycles. The molecule has 0 aliphatic heterocycles. The first kappa shape index (κ1) is 7.38. The predicted molar refractivity (Wildman–Crippen MR) is 54.0 cm³/mol. The van der Waals surface area contributed by atoms with Crippen LogP contribution in [0, 0.1) is 59.2 Å². The van der Waals surface area contributed by atoms with Crippen molar-refractivity contribution in [3.05, 3.63) is 0 Å². The van der Waals surface area contributed by atoms with Gasteiger partial charge in [0.2, 0.25) is 0 Å². The number of hydrogen-bond donors (Lipinski definition) is 2. The lowest BCUT2D eigenvalue weighted by atomic mass is 9.62. The van der Waals surface area contributed by atoms with E-state index in [2.05, 4.69) is 0 Å². The molecule has 0 aromatic rings. The highest BCUT2D eigenvalue weighted by Crippen LogP contribution is 2.94. The fourth-order valence-corrected chi connectivity index (χ4v) is 8.78. The summed E-state index contributed by atoms with van der Waals surface area (Å²) in [7, 11) is 0. The van der Waals surface area contributed by atoms with Crippen molar-refractivity contribution in [1.82, 2.24) is 0 Å².